The Morgan fingerprint density at radius 1 is 1.25 bits per heavy atom. The fourth-order valence-electron chi connectivity index (χ4n) is 2.68. The predicted octanol–water partition coefficient (Wildman–Crippen LogP) is 3.41. The molecular formula is C18H22N2O4. The molecule has 0 radical (unpaired) electrons. The number of aliphatic carboxylic acids is 1. The van der Waals surface area contributed by atoms with Gasteiger partial charge in [0.1, 0.15) is 5.69 Å². The maximum atomic E-state index is 12.6. The van der Waals surface area contributed by atoms with Crippen LogP contribution in [0.5, 0.6) is 0 Å². The van der Waals surface area contributed by atoms with Gasteiger partial charge in [-0.05, 0) is 44.0 Å². The number of amides is 1. The van der Waals surface area contributed by atoms with Crippen LogP contribution in [0.1, 0.15) is 49.2 Å². The molecule has 2 rings (SSSR count). The number of hydrogen-bond donors (Lipinski definition) is 2. The van der Waals surface area contributed by atoms with Crippen LogP contribution < -0.4 is 5.32 Å². The summed E-state index contributed by atoms with van der Waals surface area (Å²) in [7, 11) is 0. The average molecular weight is 330 g/mol. The standard InChI is InChI=1S/C18H22N2O4/c1-4-18(5-2,11-16(21)22)20-17(23)13-8-9-14(19-12(13)3)15-7-6-10-24-15/h6-10H,4-5,11H2,1-3H3,(H,20,23)(H,21,22). The molecule has 0 aliphatic heterocycles. The van der Waals surface area contributed by atoms with Gasteiger partial charge < -0.3 is 14.8 Å². The number of furan rings is 1. The number of nitrogens with one attached hydrogen (secondary N) is 1. The summed E-state index contributed by atoms with van der Waals surface area (Å²) in [5, 5.41) is 12.0. The van der Waals surface area contributed by atoms with Crippen LogP contribution in [0.3, 0.4) is 0 Å². The van der Waals surface area contributed by atoms with Crippen LogP contribution in [0.4, 0.5) is 0 Å². The maximum Gasteiger partial charge on any atom is 0.305 e. The van der Waals surface area contributed by atoms with Crippen LogP contribution >= 0.6 is 0 Å². The zero-order valence-electron chi connectivity index (χ0n) is 14.1. The summed E-state index contributed by atoms with van der Waals surface area (Å²) < 4.78 is 5.31. The van der Waals surface area contributed by atoms with E-state index in [0.29, 0.717) is 35.6 Å². The lowest BCUT2D eigenvalue weighted by Crippen LogP contribution is -2.49. The highest BCUT2D eigenvalue weighted by Gasteiger charge is 2.31. The molecule has 2 N–H and O–H groups in total. The van der Waals surface area contributed by atoms with E-state index < -0.39 is 11.5 Å². The minimum absolute atomic E-state index is 0.108. The number of carbonyl (C=O) groups excluding carboxylic acids is 1. The molecule has 0 saturated heterocycles. The Bertz CT molecular complexity index is 719. The van der Waals surface area contributed by atoms with Crippen molar-refractivity contribution >= 4 is 11.9 Å². The van der Waals surface area contributed by atoms with E-state index in [1.807, 2.05) is 13.8 Å². The Morgan fingerprint density at radius 2 is 1.96 bits per heavy atom. The van der Waals surface area contributed by atoms with Crippen molar-refractivity contribution in [3.05, 3.63) is 41.8 Å². The molecule has 2 aromatic heterocycles. The molecule has 0 saturated carbocycles. The molecule has 0 spiro atoms. The van der Waals surface area contributed by atoms with E-state index >= 15 is 0 Å². The molecule has 0 aliphatic rings. The van der Waals surface area contributed by atoms with Gasteiger partial charge in [0, 0.05) is 0 Å². The smallest absolute Gasteiger partial charge is 0.305 e. The molecule has 0 fully saturated rings. The molecule has 0 bridgehead atoms. The van der Waals surface area contributed by atoms with Gasteiger partial charge in [-0.1, -0.05) is 13.8 Å². The molecule has 0 unspecified atom stereocenters. The highest BCUT2D eigenvalue weighted by Crippen LogP contribution is 2.23. The molecule has 1 amide bonds. The molecular weight excluding hydrogens is 308 g/mol. The van der Waals surface area contributed by atoms with Gasteiger partial charge in [-0.3, -0.25) is 9.59 Å². The number of carboxylic acids is 1. The SMILES string of the molecule is CCC(CC)(CC(=O)O)NC(=O)c1ccc(-c2ccco2)nc1C. The molecule has 0 aliphatic carbocycles. The molecule has 2 aromatic rings. The molecule has 6 nitrogen and oxygen atoms in total. The third-order valence-electron chi connectivity index (χ3n) is 4.33. The third kappa shape index (κ3) is 3.82. The van der Waals surface area contributed by atoms with E-state index in [1.165, 1.54) is 0 Å². The maximum absolute atomic E-state index is 12.6. The van der Waals surface area contributed by atoms with Crippen LogP contribution in [0.2, 0.25) is 0 Å². The van der Waals surface area contributed by atoms with Crippen molar-refractivity contribution in [2.45, 2.75) is 45.6 Å². The normalized spacial score (nSPS) is 11.3. The Morgan fingerprint density at radius 3 is 2.46 bits per heavy atom. The second-order valence-corrected chi connectivity index (χ2v) is 5.82. The Balaban J connectivity index is 2.24. The van der Waals surface area contributed by atoms with E-state index in [2.05, 4.69) is 10.3 Å². The summed E-state index contributed by atoms with van der Waals surface area (Å²) in [5.41, 5.74) is 0.895. The number of hydrogen-bond acceptors (Lipinski definition) is 4. The summed E-state index contributed by atoms with van der Waals surface area (Å²) in [4.78, 5) is 28.1. The number of aromatic nitrogens is 1. The van der Waals surface area contributed by atoms with Crippen molar-refractivity contribution in [3.8, 4) is 11.5 Å². The number of nitrogens with zero attached hydrogens (tertiary/aromatic N) is 1. The topological polar surface area (TPSA) is 92.4 Å². The lowest BCUT2D eigenvalue weighted by Gasteiger charge is -2.31. The zero-order chi connectivity index (χ0) is 17.7. The van der Waals surface area contributed by atoms with Gasteiger partial charge in [0.2, 0.25) is 0 Å². The van der Waals surface area contributed by atoms with Gasteiger partial charge in [0.15, 0.2) is 5.76 Å². The molecule has 24 heavy (non-hydrogen) atoms. The van der Waals surface area contributed by atoms with Gasteiger partial charge in [-0.25, -0.2) is 4.98 Å². The molecule has 0 atom stereocenters. The second-order valence-electron chi connectivity index (χ2n) is 5.82. The van der Waals surface area contributed by atoms with E-state index in [1.54, 1.807) is 37.5 Å². The first-order chi connectivity index (χ1) is 11.4. The number of carboxylic acid groups (broad SMARTS) is 1. The molecule has 2 heterocycles. The summed E-state index contributed by atoms with van der Waals surface area (Å²) >= 11 is 0. The van der Waals surface area contributed by atoms with Gasteiger partial charge in [-0.2, -0.15) is 0 Å². The van der Waals surface area contributed by atoms with E-state index in [-0.39, 0.29) is 12.3 Å². The van der Waals surface area contributed by atoms with Gasteiger partial charge in [0.25, 0.3) is 5.91 Å². The van der Waals surface area contributed by atoms with Crippen LogP contribution in [0.25, 0.3) is 11.5 Å². The summed E-state index contributed by atoms with van der Waals surface area (Å²) in [6, 6.07) is 6.98. The van der Waals surface area contributed by atoms with Crippen LogP contribution in [0, 0.1) is 6.92 Å². The summed E-state index contributed by atoms with van der Waals surface area (Å²) in [5.74, 6) is -0.606. The summed E-state index contributed by atoms with van der Waals surface area (Å²) in [6.07, 6.45) is 2.54. The van der Waals surface area contributed by atoms with Crippen LogP contribution in [-0.4, -0.2) is 27.5 Å². The molecule has 0 aromatic carbocycles. The van der Waals surface area contributed by atoms with E-state index in [0.717, 1.165) is 0 Å². The van der Waals surface area contributed by atoms with Crippen molar-refractivity contribution in [2.75, 3.05) is 0 Å². The number of rotatable bonds is 7. The van der Waals surface area contributed by atoms with Crippen molar-refractivity contribution in [1.29, 1.82) is 0 Å². The minimum atomic E-state index is -0.929. The van der Waals surface area contributed by atoms with E-state index in [9.17, 15) is 9.59 Å². The van der Waals surface area contributed by atoms with Crippen molar-refractivity contribution < 1.29 is 19.1 Å². The first-order valence-electron chi connectivity index (χ1n) is 7.96. The van der Waals surface area contributed by atoms with Crippen LogP contribution in [0.15, 0.2) is 34.9 Å². The molecule has 128 valence electrons. The minimum Gasteiger partial charge on any atom is -0.481 e. The highest BCUT2D eigenvalue weighted by atomic mass is 16.4. The average Bonchev–Trinajstić information content (AvgIpc) is 3.07. The number of aryl methyl sites for hydroxylation is 1. The quantitative estimate of drug-likeness (QED) is 0.811. The Hall–Kier alpha value is -2.63. The molecule has 6 heteroatoms. The Labute approximate surface area is 140 Å². The lowest BCUT2D eigenvalue weighted by molar-refractivity contribution is -0.138. The van der Waals surface area contributed by atoms with E-state index in [4.69, 9.17) is 9.52 Å². The largest absolute Gasteiger partial charge is 0.481 e. The predicted molar refractivity (Wildman–Crippen MR) is 89.7 cm³/mol. The fourth-order valence-corrected chi connectivity index (χ4v) is 2.68. The second kappa shape index (κ2) is 7.29. The van der Waals surface area contributed by atoms with Crippen molar-refractivity contribution in [1.82, 2.24) is 10.3 Å². The highest BCUT2D eigenvalue weighted by molar-refractivity contribution is 5.96. The van der Waals surface area contributed by atoms with Crippen LogP contribution in [-0.2, 0) is 4.79 Å². The van der Waals surface area contributed by atoms with Crippen molar-refractivity contribution in [2.24, 2.45) is 0 Å². The number of carbonyl (C=O) groups is 2. The lowest BCUT2D eigenvalue weighted by atomic mass is 9.88. The summed E-state index contributed by atoms with van der Waals surface area (Å²) in [6.45, 7) is 5.49. The van der Waals surface area contributed by atoms with Gasteiger partial charge in [-0.15, -0.1) is 0 Å². The van der Waals surface area contributed by atoms with Crippen molar-refractivity contribution in [3.63, 3.8) is 0 Å². The Kier molecular flexibility index (Phi) is 5.39. The monoisotopic (exact) mass is 330 g/mol. The first kappa shape index (κ1) is 17.7. The van der Waals surface area contributed by atoms with Gasteiger partial charge in [0.05, 0.1) is 29.5 Å². The zero-order valence-corrected chi connectivity index (χ0v) is 14.1. The third-order valence-corrected chi connectivity index (χ3v) is 4.33. The number of pyridine rings is 1. The fraction of sp³-hybridized carbons (Fsp3) is 0.389. The first-order valence-corrected chi connectivity index (χ1v) is 7.96. The van der Waals surface area contributed by atoms with Gasteiger partial charge >= 0.3 is 5.97 Å².